The van der Waals surface area contributed by atoms with Gasteiger partial charge in [0.15, 0.2) is 0 Å². The van der Waals surface area contributed by atoms with E-state index in [0.717, 1.165) is 21.9 Å². The summed E-state index contributed by atoms with van der Waals surface area (Å²) in [7, 11) is -4.45. The van der Waals surface area contributed by atoms with Crippen LogP contribution in [0.15, 0.2) is 89.8 Å². The summed E-state index contributed by atoms with van der Waals surface area (Å²) in [5.41, 5.74) is 3.14. The second-order valence-corrected chi connectivity index (χ2v) is 8.48. The Morgan fingerprint density at radius 2 is 1.59 bits per heavy atom. The Morgan fingerprint density at radius 1 is 0.844 bits per heavy atom. The Hall–Kier alpha value is -2.81. The molecule has 0 unspecified atom stereocenters. The third kappa shape index (κ3) is 4.39. The maximum absolute atomic E-state index is 12.1. The van der Waals surface area contributed by atoms with Gasteiger partial charge < -0.3 is 1.43 Å². The molecule has 0 fully saturated rings. The van der Waals surface area contributed by atoms with E-state index in [2.05, 4.69) is 10.2 Å². The minimum absolute atomic E-state index is 0. The molecule has 154 valence electrons. The van der Waals surface area contributed by atoms with Crippen LogP contribution in [0.1, 0.15) is 12.6 Å². The fourth-order valence-electron chi connectivity index (χ4n) is 3.52. The molecule has 5 aromatic rings. The van der Waals surface area contributed by atoms with Crippen molar-refractivity contribution >= 4 is 44.1 Å². The molecule has 0 spiro atoms. The number of hydrogen-bond acceptors (Lipinski definition) is 4. The van der Waals surface area contributed by atoms with Crippen molar-refractivity contribution in [1.29, 1.82) is 0 Å². The summed E-state index contributed by atoms with van der Waals surface area (Å²) in [5, 5.41) is 11.1. The second-order valence-electron chi connectivity index (χ2n) is 7.09. The van der Waals surface area contributed by atoms with Gasteiger partial charge in [0.2, 0.25) is 0 Å². The van der Waals surface area contributed by atoms with E-state index >= 15 is 0 Å². The summed E-state index contributed by atoms with van der Waals surface area (Å²) in [6, 6.07) is 25.9. The van der Waals surface area contributed by atoms with Gasteiger partial charge in [-0.15, -0.1) is 10.2 Å². The monoisotopic (exact) mass is 451 g/mol. The van der Waals surface area contributed by atoms with Gasteiger partial charge in [-0.1, -0.05) is 78.9 Å². The van der Waals surface area contributed by atoms with Gasteiger partial charge in [0, 0.05) is 5.39 Å². The molecule has 0 bridgehead atoms. The van der Waals surface area contributed by atoms with E-state index in [-0.39, 0.29) is 35.9 Å². The van der Waals surface area contributed by atoms with Gasteiger partial charge in [0.25, 0.3) is 10.1 Å². The molecule has 8 heteroatoms. The topological polar surface area (TPSA) is 85.1 Å². The molecule has 1 aromatic heterocycles. The summed E-state index contributed by atoms with van der Waals surface area (Å²) in [4.78, 5) is 1.18. The van der Waals surface area contributed by atoms with Crippen molar-refractivity contribution in [2.45, 2.75) is 4.90 Å². The standard InChI is InChI=1S/C24H17N3O3S.Na.H/c28-31(29,30)23-16-20(14-12-19(23)11-10-17-6-2-1-3-7-17)27-25-22-15-13-18-8-4-5-9-21(18)24(22)26-27;;/h1-16H,(H,28,29,30);;/q;+1;-1. The van der Waals surface area contributed by atoms with Crippen LogP contribution in [0, 0.1) is 0 Å². The maximum atomic E-state index is 12.1. The fraction of sp³-hybridized carbons (Fsp3) is 0. The molecule has 1 heterocycles. The molecule has 0 aliphatic heterocycles. The number of hydrogen-bond donors (Lipinski definition) is 1. The molecule has 0 atom stereocenters. The first kappa shape index (κ1) is 22.4. The summed E-state index contributed by atoms with van der Waals surface area (Å²) in [6.45, 7) is 0. The fourth-order valence-corrected chi connectivity index (χ4v) is 4.23. The molecular formula is C24H18N3NaO3S. The van der Waals surface area contributed by atoms with E-state index in [1.807, 2.05) is 66.7 Å². The molecule has 0 amide bonds. The van der Waals surface area contributed by atoms with Crippen molar-refractivity contribution in [3.8, 4) is 5.69 Å². The third-order valence-electron chi connectivity index (χ3n) is 5.04. The number of rotatable bonds is 4. The van der Waals surface area contributed by atoms with Crippen LogP contribution in [0.5, 0.6) is 0 Å². The molecule has 0 aliphatic rings. The first-order chi connectivity index (χ1) is 15.0. The Bertz CT molecular complexity index is 1570. The quantitative estimate of drug-likeness (QED) is 0.257. The molecule has 0 saturated carbocycles. The summed E-state index contributed by atoms with van der Waals surface area (Å²) < 4.78 is 33.9. The van der Waals surface area contributed by atoms with Crippen molar-refractivity contribution in [1.82, 2.24) is 15.0 Å². The molecule has 0 saturated heterocycles. The van der Waals surface area contributed by atoms with Crippen molar-refractivity contribution < 1.29 is 44.0 Å². The van der Waals surface area contributed by atoms with Gasteiger partial charge in [0.05, 0.1) is 5.69 Å². The number of benzene rings is 4. The Labute approximate surface area is 208 Å². The molecule has 4 aromatic carbocycles. The minimum atomic E-state index is -4.45. The van der Waals surface area contributed by atoms with Gasteiger partial charge in [0.1, 0.15) is 15.9 Å². The second kappa shape index (κ2) is 8.97. The van der Waals surface area contributed by atoms with Crippen LogP contribution < -0.4 is 29.6 Å². The van der Waals surface area contributed by atoms with Crippen LogP contribution >= 0.6 is 0 Å². The van der Waals surface area contributed by atoms with Crippen LogP contribution in [0.2, 0.25) is 0 Å². The largest absolute Gasteiger partial charge is 1.00 e. The van der Waals surface area contributed by atoms with E-state index in [1.54, 1.807) is 24.3 Å². The average Bonchev–Trinajstić information content (AvgIpc) is 3.23. The van der Waals surface area contributed by atoms with Crippen LogP contribution in [0.25, 0.3) is 39.6 Å². The molecule has 6 nitrogen and oxygen atoms in total. The molecule has 5 rings (SSSR count). The van der Waals surface area contributed by atoms with E-state index < -0.39 is 10.1 Å². The smallest absolute Gasteiger partial charge is 1.00 e. The van der Waals surface area contributed by atoms with E-state index in [0.29, 0.717) is 16.8 Å². The number of aromatic nitrogens is 3. The summed E-state index contributed by atoms with van der Waals surface area (Å²) in [5.74, 6) is 0. The van der Waals surface area contributed by atoms with Gasteiger partial charge in [-0.25, -0.2) is 0 Å². The average molecular weight is 451 g/mol. The van der Waals surface area contributed by atoms with Crippen LogP contribution in [0.3, 0.4) is 0 Å². The van der Waals surface area contributed by atoms with E-state index in [1.165, 1.54) is 10.9 Å². The van der Waals surface area contributed by atoms with E-state index in [9.17, 15) is 13.0 Å². The molecule has 1 N–H and O–H groups in total. The van der Waals surface area contributed by atoms with Gasteiger partial charge in [-0.3, -0.25) is 4.55 Å². The Morgan fingerprint density at radius 3 is 2.38 bits per heavy atom. The molecular weight excluding hydrogens is 433 g/mol. The van der Waals surface area contributed by atoms with Crippen molar-refractivity contribution in [3.63, 3.8) is 0 Å². The van der Waals surface area contributed by atoms with Crippen molar-refractivity contribution in [2.75, 3.05) is 0 Å². The molecule has 0 radical (unpaired) electrons. The summed E-state index contributed by atoms with van der Waals surface area (Å²) in [6.07, 6.45) is 3.44. The Kier molecular flexibility index (Phi) is 6.28. The van der Waals surface area contributed by atoms with Crippen LogP contribution in [0.4, 0.5) is 0 Å². The van der Waals surface area contributed by atoms with E-state index in [4.69, 9.17) is 0 Å². The van der Waals surface area contributed by atoms with Crippen molar-refractivity contribution in [3.05, 3.63) is 96.1 Å². The summed E-state index contributed by atoms with van der Waals surface area (Å²) >= 11 is 0. The zero-order chi connectivity index (χ0) is 21.4. The molecule has 0 aliphatic carbocycles. The third-order valence-corrected chi connectivity index (χ3v) is 5.95. The number of nitrogens with zero attached hydrogens (tertiary/aromatic N) is 3. The predicted octanol–water partition coefficient (Wildman–Crippen LogP) is 2.11. The predicted molar refractivity (Wildman–Crippen MR) is 123 cm³/mol. The zero-order valence-electron chi connectivity index (χ0n) is 18.3. The van der Waals surface area contributed by atoms with Crippen LogP contribution in [-0.4, -0.2) is 28.0 Å². The van der Waals surface area contributed by atoms with Crippen LogP contribution in [-0.2, 0) is 10.1 Å². The normalized spacial score (nSPS) is 11.8. The maximum Gasteiger partial charge on any atom is 1.00 e. The minimum Gasteiger partial charge on any atom is -1.00 e. The molecule has 32 heavy (non-hydrogen) atoms. The zero-order valence-corrected chi connectivity index (χ0v) is 20.1. The van der Waals surface area contributed by atoms with Gasteiger partial charge in [-0.05, 0) is 34.7 Å². The first-order valence-corrected chi connectivity index (χ1v) is 11.0. The van der Waals surface area contributed by atoms with Crippen molar-refractivity contribution in [2.24, 2.45) is 0 Å². The Balaban J connectivity index is 0.00000153. The van der Waals surface area contributed by atoms with Gasteiger partial charge >= 0.3 is 29.6 Å². The first-order valence-electron chi connectivity index (χ1n) is 9.59. The number of fused-ring (bicyclic) bond motifs is 3. The van der Waals surface area contributed by atoms with Gasteiger partial charge in [-0.2, -0.15) is 13.2 Å². The SMILES string of the molecule is O=S(=O)(O)c1cc(-n2nc3ccc4ccccc4c3n2)ccc1C=Cc1ccccc1.[H-].[Na+].